The molecule has 8 heteroatoms. The summed E-state index contributed by atoms with van der Waals surface area (Å²) in [5.41, 5.74) is 7.40. The van der Waals surface area contributed by atoms with Gasteiger partial charge < -0.3 is 20.4 Å². The topological polar surface area (TPSA) is 73.9 Å². The third-order valence-electron chi connectivity index (χ3n) is 4.96. The maximum atomic E-state index is 6.24. The molecule has 0 aromatic carbocycles. The van der Waals surface area contributed by atoms with Gasteiger partial charge in [0.2, 0.25) is 0 Å². The van der Waals surface area contributed by atoms with E-state index in [4.69, 9.17) is 5.73 Å². The highest BCUT2D eigenvalue weighted by Gasteiger charge is 2.20. The largest absolute Gasteiger partial charge is 0.370 e. The molecule has 0 aliphatic carbocycles. The van der Waals surface area contributed by atoms with E-state index in [1.165, 1.54) is 12.8 Å². The van der Waals surface area contributed by atoms with Gasteiger partial charge in [-0.2, -0.15) is 0 Å². The van der Waals surface area contributed by atoms with E-state index in [1.54, 1.807) is 11.3 Å². The van der Waals surface area contributed by atoms with Gasteiger partial charge in [0.15, 0.2) is 11.1 Å². The van der Waals surface area contributed by atoms with Crippen LogP contribution in [-0.2, 0) is 6.54 Å². The van der Waals surface area contributed by atoms with Crippen molar-refractivity contribution in [1.29, 1.82) is 0 Å². The second-order valence-corrected chi connectivity index (χ2v) is 7.55. The predicted molar refractivity (Wildman–Crippen MR) is 107 cm³/mol. The minimum atomic E-state index is 0.599. The average molecular weight is 372 g/mol. The molecular formula is C18H25N7S. The third-order valence-corrected chi connectivity index (χ3v) is 5.79. The summed E-state index contributed by atoms with van der Waals surface area (Å²) in [5, 5.41) is 3.11. The van der Waals surface area contributed by atoms with Gasteiger partial charge in [0.05, 0.1) is 6.54 Å². The summed E-state index contributed by atoms with van der Waals surface area (Å²) in [4.78, 5) is 20.3. The molecular weight excluding hydrogens is 346 g/mol. The number of aromatic nitrogens is 2. The van der Waals surface area contributed by atoms with Gasteiger partial charge in [-0.3, -0.25) is 0 Å². The Bertz CT molecular complexity index is 732. The van der Waals surface area contributed by atoms with Crippen molar-refractivity contribution >= 4 is 28.2 Å². The summed E-state index contributed by atoms with van der Waals surface area (Å²) >= 11 is 1.68. The molecule has 0 bridgehead atoms. The summed E-state index contributed by atoms with van der Waals surface area (Å²) in [6.45, 7) is 6.42. The van der Waals surface area contributed by atoms with E-state index in [0.717, 1.165) is 55.8 Å². The van der Waals surface area contributed by atoms with Gasteiger partial charge in [-0.15, -0.1) is 11.3 Å². The van der Waals surface area contributed by atoms with Gasteiger partial charge in [0.1, 0.15) is 5.82 Å². The third kappa shape index (κ3) is 3.90. The van der Waals surface area contributed by atoms with Crippen LogP contribution in [0.25, 0.3) is 0 Å². The van der Waals surface area contributed by atoms with Crippen molar-refractivity contribution in [2.75, 3.05) is 49.1 Å². The second-order valence-electron chi connectivity index (χ2n) is 6.68. The van der Waals surface area contributed by atoms with Gasteiger partial charge in [-0.05, 0) is 30.5 Å². The van der Waals surface area contributed by atoms with Crippen LogP contribution in [0.3, 0.4) is 0 Å². The van der Waals surface area contributed by atoms with E-state index >= 15 is 0 Å². The molecule has 2 saturated heterocycles. The SMILES string of the molecule is NC(=NCc1ccnc(N2CCCC2)c1)N1CCN(c2nccs2)CC1. The second kappa shape index (κ2) is 7.90. The zero-order valence-electron chi connectivity index (χ0n) is 14.9. The van der Waals surface area contributed by atoms with E-state index in [9.17, 15) is 0 Å². The number of aliphatic imine (C=N–C) groups is 1. The molecule has 7 nitrogen and oxygen atoms in total. The van der Waals surface area contributed by atoms with Gasteiger partial charge >= 0.3 is 0 Å². The molecule has 4 heterocycles. The highest BCUT2D eigenvalue weighted by atomic mass is 32.1. The van der Waals surface area contributed by atoms with Gasteiger partial charge in [0, 0.05) is 57.0 Å². The molecule has 0 atom stereocenters. The molecule has 26 heavy (non-hydrogen) atoms. The van der Waals surface area contributed by atoms with Crippen LogP contribution in [0, 0.1) is 0 Å². The molecule has 2 aliphatic rings. The number of pyridine rings is 1. The summed E-state index contributed by atoms with van der Waals surface area (Å²) < 4.78 is 0. The minimum Gasteiger partial charge on any atom is -0.370 e. The summed E-state index contributed by atoms with van der Waals surface area (Å²) in [7, 11) is 0. The fraction of sp³-hybridized carbons (Fsp3) is 0.500. The van der Waals surface area contributed by atoms with Gasteiger partial charge in [0.25, 0.3) is 0 Å². The number of nitrogens with two attached hydrogens (primary N) is 1. The molecule has 0 saturated carbocycles. The first-order valence-electron chi connectivity index (χ1n) is 9.19. The van der Waals surface area contributed by atoms with Crippen LogP contribution in [0.2, 0.25) is 0 Å². The first kappa shape index (κ1) is 17.1. The van der Waals surface area contributed by atoms with Gasteiger partial charge in [-0.25, -0.2) is 15.0 Å². The van der Waals surface area contributed by atoms with Crippen LogP contribution >= 0.6 is 11.3 Å². The lowest BCUT2D eigenvalue weighted by molar-refractivity contribution is 0.380. The predicted octanol–water partition coefficient (Wildman–Crippen LogP) is 1.78. The number of hydrogen-bond donors (Lipinski definition) is 1. The molecule has 2 fully saturated rings. The Morgan fingerprint density at radius 1 is 1.04 bits per heavy atom. The van der Waals surface area contributed by atoms with E-state index in [1.807, 2.05) is 23.8 Å². The lowest BCUT2D eigenvalue weighted by Crippen LogP contribution is -2.51. The fourth-order valence-electron chi connectivity index (χ4n) is 3.45. The van der Waals surface area contributed by atoms with Crippen molar-refractivity contribution in [2.24, 2.45) is 10.7 Å². The fourth-order valence-corrected chi connectivity index (χ4v) is 4.15. The van der Waals surface area contributed by atoms with Crippen LogP contribution in [0.1, 0.15) is 18.4 Å². The first-order chi connectivity index (χ1) is 12.8. The Labute approximate surface area is 158 Å². The molecule has 0 amide bonds. The van der Waals surface area contributed by atoms with E-state index in [-0.39, 0.29) is 0 Å². The highest BCUT2D eigenvalue weighted by molar-refractivity contribution is 7.13. The van der Waals surface area contributed by atoms with Crippen LogP contribution in [-0.4, -0.2) is 60.1 Å². The summed E-state index contributed by atoms with van der Waals surface area (Å²) in [6, 6.07) is 4.17. The standard InChI is InChI=1S/C18H25N7S/c19-17(24-8-10-25(11-9-24)18-21-5-12-26-18)22-14-15-3-4-20-16(13-15)23-6-1-2-7-23/h3-5,12-13H,1-2,6-11,14H2,(H2,19,22). The summed E-state index contributed by atoms with van der Waals surface area (Å²) in [6.07, 6.45) is 6.24. The minimum absolute atomic E-state index is 0.599. The van der Waals surface area contributed by atoms with Crippen LogP contribution < -0.4 is 15.5 Å². The Morgan fingerprint density at radius 3 is 2.58 bits per heavy atom. The monoisotopic (exact) mass is 371 g/mol. The molecule has 2 N–H and O–H groups in total. The smallest absolute Gasteiger partial charge is 0.191 e. The highest BCUT2D eigenvalue weighted by Crippen LogP contribution is 2.20. The van der Waals surface area contributed by atoms with Crippen molar-refractivity contribution < 1.29 is 0 Å². The number of anilines is 2. The lowest BCUT2D eigenvalue weighted by atomic mass is 10.2. The van der Waals surface area contributed by atoms with Crippen LogP contribution in [0.4, 0.5) is 10.9 Å². The molecule has 138 valence electrons. The molecule has 4 rings (SSSR count). The molecule has 2 aromatic rings. The number of piperazine rings is 1. The van der Waals surface area contributed by atoms with Crippen molar-refractivity contribution in [3.8, 4) is 0 Å². The Balaban J connectivity index is 1.33. The normalized spacial score (nSPS) is 18.6. The van der Waals surface area contributed by atoms with E-state index < -0.39 is 0 Å². The van der Waals surface area contributed by atoms with Crippen LogP contribution in [0.5, 0.6) is 0 Å². The lowest BCUT2D eigenvalue weighted by Gasteiger charge is -2.35. The van der Waals surface area contributed by atoms with Crippen molar-refractivity contribution in [2.45, 2.75) is 19.4 Å². The molecule has 2 aliphatic heterocycles. The Hall–Kier alpha value is -2.35. The first-order valence-corrected chi connectivity index (χ1v) is 10.1. The zero-order chi connectivity index (χ0) is 17.8. The number of thiazole rings is 1. The molecule has 0 radical (unpaired) electrons. The maximum Gasteiger partial charge on any atom is 0.191 e. The molecule has 2 aromatic heterocycles. The molecule has 0 spiro atoms. The Morgan fingerprint density at radius 2 is 1.85 bits per heavy atom. The van der Waals surface area contributed by atoms with E-state index in [2.05, 4.69) is 35.7 Å². The Kier molecular flexibility index (Phi) is 5.19. The molecule has 0 unspecified atom stereocenters. The number of guanidine groups is 1. The van der Waals surface area contributed by atoms with Crippen molar-refractivity contribution in [3.63, 3.8) is 0 Å². The van der Waals surface area contributed by atoms with Gasteiger partial charge in [-0.1, -0.05) is 0 Å². The number of hydrogen-bond acceptors (Lipinski definition) is 6. The van der Waals surface area contributed by atoms with Crippen molar-refractivity contribution in [3.05, 3.63) is 35.5 Å². The van der Waals surface area contributed by atoms with Crippen LogP contribution in [0.15, 0.2) is 34.9 Å². The van der Waals surface area contributed by atoms with Crippen molar-refractivity contribution in [1.82, 2.24) is 14.9 Å². The zero-order valence-corrected chi connectivity index (χ0v) is 15.7. The number of rotatable bonds is 4. The quantitative estimate of drug-likeness (QED) is 0.652. The summed E-state index contributed by atoms with van der Waals surface area (Å²) in [5.74, 6) is 1.69. The number of nitrogens with zero attached hydrogens (tertiary/aromatic N) is 6. The van der Waals surface area contributed by atoms with E-state index in [0.29, 0.717) is 12.5 Å². The maximum absolute atomic E-state index is 6.24. The average Bonchev–Trinajstić information content (AvgIpc) is 3.40.